The van der Waals surface area contributed by atoms with E-state index in [-0.39, 0.29) is 0 Å². The van der Waals surface area contributed by atoms with Gasteiger partial charge in [-0.15, -0.1) is 11.3 Å². The van der Waals surface area contributed by atoms with E-state index in [0.717, 1.165) is 38.5 Å². The predicted molar refractivity (Wildman–Crippen MR) is 91.3 cm³/mol. The second-order valence-electron chi connectivity index (χ2n) is 6.63. The van der Waals surface area contributed by atoms with E-state index in [1.165, 1.54) is 23.4 Å². The molecule has 0 bridgehead atoms. The van der Waals surface area contributed by atoms with Crippen molar-refractivity contribution in [2.24, 2.45) is 5.92 Å². The van der Waals surface area contributed by atoms with Crippen LogP contribution in [0.3, 0.4) is 0 Å². The minimum Gasteiger partial charge on any atom is -0.376 e. The number of hydrogen-bond donors (Lipinski definition) is 0. The van der Waals surface area contributed by atoms with E-state index in [0.29, 0.717) is 12.1 Å². The summed E-state index contributed by atoms with van der Waals surface area (Å²) >= 11 is 1.74. The fourth-order valence-electron chi connectivity index (χ4n) is 3.35. The topological polar surface area (TPSA) is 38.2 Å². The van der Waals surface area contributed by atoms with Crippen LogP contribution in [0.5, 0.6) is 0 Å². The molecule has 2 aromatic heterocycles. The molecule has 4 nitrogen and oxygen atoms in total. The molecule has 1 aliphatic carbocycles. The average Bonchev–Trinajstić information content (AvgIpc) is 3.13. The Morgan fingerprint density at radius 3 is 2.78 bits per heavy atom. The summed E-state index contributed by atoms with van der Waals surface area (Å²) in [5.41, 5.74) is 1.34. The summed E-state index contributed by atoms with van der Waals surface area (Å²) in [5, 5.41) is 3.26. The lowest BCUT2D eigenvalue weighted by Gasteiger charge is -2.27. The molecular formula is C18H23N3OS. The van der Waals surface area contributed by atoms with Gasteiger partial charge in [0.05, 0.1) is 12.6 Å². The highest BCUT2D eigenvalue weighted by molar-refractivity contribution is 7.09. The zero-order valence-corrected chi connectivity index (χ0v) is 14.1. The van der Waals surface area contributed by atoms with Crippen molar-refractivity contribution < 1.29 is 4.74 Å². The van der Waals surface area contributed by atoms with E-state index >= 15 is 0 Å². The summed E-state index contributed by atoms with van der Waals surface area (Å²) in [6.45, 7) is 2.99. The van der Waals surface area contributed by atoms with Gasteiger partial charge in [0, 0.05) is 43.2 Å². The van der Waals surface area contributed by atoms with Gasteiger partial charge in [0.15, 0.2) is 0 Å². The maximum atomic E-state index is 6.29. The molecule has 0 amide bonds. The zero-order valence-electron chi connectivity index (χ0n) is 13.3. The highest BCUT2D eigenvalue weighted by Gasteiger charge is 2.36. The van der Waals surface area contributed by atoms with E-state index < -0.39 is 0 Å². The lowest BCUT2D eigenvalue weighted by atomic mass is 10.0. The number of pyridine rings is 1. The van der Waals surface area contributed by atoms with Crippen LogP contribution in [0.25, 0.3) is 0 Å². The number of likely N-dealkylation sites (tertiary alicyclic amines) is 1. The largest absolute Gasteiger partial charge is 0.376 e. The summed E-state index contributed by atoms with van der Waals surface area (Å²) in [4.78, 5) is 11.1. The third kappa shape index (κ3) is 3.97. The van der Waals surface area contributed by atoms with Gasteiger partial charge in [-0.1, -0.05) is 0 Å². The number of aromatic nitrogens is 2. The maximum Gasteiger partial charge on any atom is 0.107 e. The van der Waals surface area contributed by atoms with Crippen molar-refractivity contribution in [1.29, 1.82) is 0 Å². The van der Waals surface area contributed by atoms with Crippen LogP contribution in [0, 0.1) is 5.92 Å². The maximum absolute atomic E-state index is 6.29. The van der Waals surface area contributed by atoms with Crippen LogP contribution in [0.15, 0.2) is 36.1 Å². The molecule has 2 fully saturated rings. The minimum atomic E-state index is 0.351. The third-order valence-corrected chi connectivity index (χ3v) is 5.62. The van der Waals surface area contributed by atoms with Crippen LogP contribution in [-0.2, 0) is 17.7 Å². The van der Waals surface area contributed by atoms with Crippen LogP contribution < -0.4 is 0 Å². The molecule has 0 radical (unpaired) electrons. The van der Waals surface area contributed by atoms with Gasteiger partial charge < -0.3 is 4.74 Å². The quantitative estimate of drug-likeness (QED) is 0.782. The SMILES string of the molecule is c1cc(C[C@H]2[C@@H](OCC3CC3)CCN2Cc2nccs2)ccn1. The molecule has 0 spiro atoms. The number of hydrogen-bond acceptors (Lipinski definition) is 5. The normalized spacial score (nSPS) is 25.0. The molecular weight excluding hydrogens is 306 g/mol. The minimum absolute atomic E-state index is 0.351. The summed E-state index contributed by atoms with van der Waals surface area (Å²) in [5.74, 6) is 0.824. The number of rotatable bonds is 7. The first-order valence-electron chi connectivity index (χ1n) is 8.51. The van der Waals surface area contributed by atoms with Crippen molar-refractivity contribution in [3.8, 4) is 0 Å². The Hall–Kier alpha value is -1.30. The Balaban J connectivity index is 1.45. The Morgan fingerprint density at radius 1 is 1.17 bits per heavy atom. The van der Waals surface area contributed by atoms with Crippen molar-refractivity contribution in [2.75, 3.05) is 13.2 Å². The molecule has 1 aliphatic heterocycles. The van der Waals surface area contributed by atoms with E-state index in [1.807, 2.05) is 18.6 Å². The van der Waals surface area contributed by atoms with Gasteiger partial charge in [-0.25, -0.2) is 4.98 Å². The van der Waals surface area contributed by atoms with Crippen molar-refractivity contribution in [3.05, 3.63) is 46.7 Å². The molecule has 1 saturated carbocycles. The van der Waals surface area contributed by atoms with Crippen LogP contribution >= 0.6 is 11.3 Å². The Kier molecular flexibility index (Phi) is 4.69. The van der Waals surface area contributed by atoms with Crippen molar-refractivity contribution in [2.45, 2.75) is 44.4 Å². The molecule has 122 valence electrons. The second-order valence-corrected chi connectivity index (χ2v) is 7.61. The predicted octanol–water partition coefficient (Wildman–Crippen LogP) is 3.15. The summed E-state index contributed by atoms with van der Waals surface area (Å²) < 4.78 is 6.29. The average molecular weight is 329 g/mol. The molecule has 23 heavy (non-hydrogen) atoms. The van der Waals surface area contributed by atoms with Gasteiger partial charge in [0.1, 0.15) is 5.01 Å². The molecule has 4 rings (SSSR count). The van der Waals surface area contributed by atoms with Crippen molar-refractivity contribution >= 4 is 11.3 Å². The molecule has 0 aromatic carbocycles. The van der Waals surface area contributed by atoms with E-state index in [1.54, 1.807) is 11.3 Å². The third-order valence-electron chi connectivity index (χ3n) is 4.86. The molecule has 2 aromatic rings. The van der Waals surface area contributed by atoms with Crippen LogP contribution in [0.4, 0.5) is 0 Å². The Morgan fingerprint density at radius 2 is 2.04 bits per heavy atom. The first kappa shape index (κ1) is 15.2. The molecule has 0 N–H and O–H groups in total. The monoisotopic (exact) mass is 329 g/mol. The molecule has 3 heterocycles. The summed E-state index contributed by atoms with van der Waals surface area (Å²) in [7, 11) is 0. The van der Waals surface area contributed by atoms with E-state index in [4.69, 9.17) is 4.74 Å². The fourth-order valence-corrected chi connectivity index (χ4v) is 3.99. The Labute approximate surface area is 141 Å². The van der Waals surface area contributed by atoms with Gasteiger partial charge in [0.25, 0.3) is 0 Å². The standard InChI is InChI=1S/C18H23N3OS/c1-2-15(1)13-22-17-5-9-21(12-18-20-8-10-23-18)16(17)11-14-3-6-19-7-4-14/h3-4,6-8,10,15-17H,1-2,5,9,11-13H2/t16-,17-/m0/s1. The molecule has 0 unspecified atom stereocenters. The highest BCUT2D eigenvalue weighted by Crippen LogP contribution is 2.32. The van der Waals surface area contributed by atoms with Crippen molar-refractivity contribution in [1.82, 2.24) is 14.9 Å². The molecule has 1 saturated heterocycles. The van der Waals surface area contributed by atoms with Gasteiger partial charge in [-0.3, -0.25) is 9.88 Å². The number of thiazole rings is 1. The van der Waals surface area contributed by atoms with Gasteiger partial charge in [-0.2, -0.15) is 0 Å². The fraction of sp³-hybridized carbons (Fsp3) is 0.556. The molecule has 2 aliphatic rings. The Bertz CT molecular complexity index is 600. The molecule has 5 heteroatoms. The van der Waals surface area contributed by atoms with Gasteiger partial charge >= 0.3 is 0 Å². The number of nitrogens with zero attached hydrogens (tertiary/aromatic N) is 3. The second kappa shape index (κ2) is 7.07. The lowest BCUT2D eigenvalue weighted by Crippen LogP contribution is -2.38. The lowest BCUT2D eigenvalue weighted by molar-refractivity contribution is 0.0196. The van der Waals surface area contributed by atoms with Crippen molar-refractivity contribution in [3.63, 3.8) is 0 Å². The van der Waals surface area contributed by atoms with Crippen LogP contribution in [0.2, 0.25) is 0 Å². The van der Waals surface area contributed by atoms with E-state index in [9.17, 15) is 0 Å². The van der Waals surface area contributed by atoms with Crippen LogP contribution in [-0.4, -0.2) is 40.2 Å². The highest BCUT2D eigenvalue weighted by atomic mass is 32.1. The van der Waals surface area contributed by atoms with E-state index in [2.05, 4.69) is 32.4 Å². The first-order valence-corrected chi connectivity index (χ1v) is 9.39. The molecule has 2 atom stereocenters. The van der Waals surface area contributed by atoms with Gasteiger partial charge in [-0.05, 0) is 49.3 Å². The smallest absolute Gasteiger partial charge is 0.107 e. The zero-order chi connectivity index (χ0) is 15.5. The van der Waals surface area contributed by atoms with Gasteiger partial charge in [0.2, 0.25) is 0 Å². The first-order chi connectivity index (χ1) is 11.4. The van der Waals surface area contributed by atoms with Crippen LogP contribution in [0.1, 0.15) is 29.8 Å². The summed E-state index contributed by atoms with van der Waals surface area (Å²) in [6, 6.07) is 4.69. The number of ether oxygens (including phenoxy) is 1. The summed E-state index contributed by atoms with van der Waals surface area (Å²) in [6.07, 6.45) is 10.9.